The van der Waals surface area contributed by atoms with Crippen LogP contribution in [0.4, 0.5) is 5.69 Å². The molecule has 2 aromatic carbocycles. The number of nitrogens with zero attached hydrogens (tertiary/aromatic N) is 1. The van der Waals surface area contributed by atoms with Gasteiger partial charge in [0.05, 0.1) is 32.8 Å². The minimum absolute atomic E-state index is 0.151. The van der Waals surface area contributed by atoms with E-state index < -0.39 is 0 Å². The lowest BCUT2D eigenvalue weighted by Gasteiger charge is -2.21. The molecular weight excluding hydrogens is 344 g/mol. The number of halogens is 1. The molecule has 1 unspecified atom stereocenters. The summed E-state index contributed by atoms with van der Waals surface area (Å²) >= 11 is 3.55. The average Bonchev–Trinajstić information content (AvgIpc) is 2.55. The third-order valence-corrected chi connectivity index (χ3v) is 3.98. The van der Waals surface area contributed by atoms with Gasteiger partial charge < -0.3 is 14.8 Å². The maximum Gasteiger partial charge on any atom is 0.161 e. The Balaban J connectivity index is 2.38. The van der Waals surface area contributed by atoms with Gasteiger partial charge in [0.25, 0.3) is 0 Å². The molecule has 0 aliphatic rings. The summed E-state index contributed by atoms with van der Waals surface area (Å²) in [4.78, 5) is 0. The Morgan fingerprint density at radius 3 is 2.36 bits per heavy atom. The minimum atomic E-state index is -0.151. The maximum atomic E-state index is 9.13. The van der Waals surface area contributed by atoms with Gasteiger partial charge in [0.2, 0.25) is 0 Å². The van der Waals surface area contributed by atoms with Crippen molar-refractivity contribution in [3.63, 3.8) is 0 Å². The smallest absolute Gasteiger partial charge is 0.161 e. The monoisotopic (exact) mass is 360 g/mol. The molecular formula is C17H17BrN2O2. The van der Waals surface area contributed by atoms with E-state index >= 15 is 0 Å². The van der Waals surface area contributed by atoms with Crippen molar-refractivity contribution in [1.82, 2.24) is 0 Å². The molecule has 1 N–H and O–H groups in total. The zero-order valence-corrected chi connectivity index (χ0v) is 14.1. The van der Waals surface area contributed by atoms with Crippen LogP contribution in [0.2, 0.25) is 0 Å². The fourth-order valence-electron chi connectivity index (χ4n) is 2.20. The van der Waals surface area contributed by atoms with E-state index in [1.54, 1.807) is 14.2 Å². The molecule has 0 amide bonds. The number of hydrogen-bond donors (Lipinski definition) is 1. The van der Waals surface area contributed by atoms with Crippen LogP contribution >= 0.6 is 15.9 Å². The van der Waals surface area contributed by atoms with Crippen molar-refractivity contribution in [2.45, 2.75) is 12.5 Å². The first kappa shape index (κ1) is 16.2. The summed E-state index contributed by atoms with van der Waals surface area (Å²) < 4.78 is 11.5. The quantitative estimate of drug-likeness (QED) is 0.821. The van der Waals surface area contributed by atoms with Crippen molar-refractivity contribution in [2.24, 2.45) is 0 Å². The van der Waals surface area contributed by atoms with Crippen molar-refractivity contribution < 1.29 is 9.47 Å². The third-order valence-electron chi connectivity index (χ3n) is 3.29. The largest absolute Gasteiger partial charge is 0.493 e. The van der Waals surface area contributed by atoms with Gasteiger partial charge in [-0.1, -0.05) is 34.1 Å². The number of methoxy groups -OCH3 is 2. The first-order valence-electron chi connectivity index (χ1n) is 6.79. The Morgan fingerprint density at radius 2 is 1.77 bits per heavy atom. The van der Waals surface area contributed by atoms with Crippen molar-refractivity contribution in [3.8, 4) is 17.6 Å². The van der Waals surface area contributed by atoms with Gasteiger partial charge in [0.15, 0.2) is 11.5 Å². The lowest BCUT2D eigenvalue weighted by atomic mass is 10.0. The molecule has 0 heterocycles. The predicted molar refractivity (Wildman–Crippen MR) is 90.3 cm³/mol. The zero-order chi connectivity index (χ0) is 15.9. The van der Waals surface area contributed by atoms with Crippen molar-refractivity contribution >= 4 is 21.6 Å². The van der Waals surface area contributed by atoms with Crippen LogP contribution in [-0.2, 0) is 0 Å². The predicted octanol–water partition coefficient (Wildman–Crippen LogP) is 4.53. The van der Waals surface area contributed by atoms with Crippen LogP contribution in [0.3, 0.4) is 0 Å². The highest BCUT2D eigenvalue weighted by Crippen LogP contribution is 2.37. The van der Waals surface area contributed by atoms with Crippen molar-refractivity contribution in [2.75, 3.05) is 19.5 Å². The summed E-state index contributed by atoms with van der Waals surface area (Å²) in [6.45, 7) is 0. The fraction of sp³-hybridized carbons (Fsp3) is 0.235. The third kappa shape index (κ3) is 3.71. The Kier molecular flexibility index (Phi) is 5.68. The number of hydrogen-bond acceptors (Lipinski definition) is 4. The normalized spacial score (nSPS) is 11.4. The molecule has 0 aliphatic heterocycles. The number of nitrogens with one attached hydrogen (secondary N) is 1. The summed E-state index contributed by atoms with van der Waals surface area (Å²) in [7, 11) is 3.19. The van der Waals surface area contributed by atoms with Gasteiger partial charge in [0, 0.05) is 10.2 Å². The molecule has 0 fully saturated rings. The molecule has 0 bridgehead atoms. The Morgan fingerprint density at radius 1 is 1.14 bits per heavy atom. The second-order valence-electron chi connectivity index (χ2n) is 4.65. The van der Waals surface area contributed by atoms with Gasteiger partial charge in [-0.15, -0.1) is 0 Å². The van der Waals surface area contributed by atoms with Gasteiger partial charge >= 0.3 is 0 Å². The molecule has 1 atom stereocenters. The molecule has 114 valence electrons. The van der Waals surface area contributed by atoms with Crippen LogP contribution in [0.25, 0.3) is 0 Å². The van der Waals surface area contributed by atoms with E-state index in [9.17, 15) is 0 Å². The molecule has 0 aliphatic carbocycles. The van der Waals surface area contributed by atoms with Gasteiger partial charge in [-0.3, -0.25) is 0 Å². The first-order chi connectivity index (χ1) is 10.7. The number of anilines is 1. The topological polar surface area (TPSA) is 54.3 Å². The summed E-state index contributed by atoms with van der Waals surface area (Å²) in [6, 6.07) is 15.6. The Labute approximate surface area is 138 Å². The summed E-state index contributed by atoms with van der Waals surface area (Å²) in [5.74, 6) is 1.28. The molecule has 0 spiro atoms. The standard InChI is InChI=1S/C17H17BrN2O2/c1-21-16-10-13(14(18)11-17(16)22-2)15(8-9-19)20-12-6-4-3-5-7-12/h3-7,10-11,15,20H,8H2,1-2H3. The number of nitriles is 1. The summed E-state index contributed by atoms with van der Waals surface area (Å²) in [5, 5.41) is 12.5. The van der Waals surface area contributed by atoms with Crippen LogP contribution in [-0.4, -0.2) is 14.2 Å². The molecule has 2 rings (SSSR count). The van der Waals surface area contributed by atoms with Gasteiger partial charge in [-0.2, -0.15) is 5.26 Å². The highest BCUT2D eigenvalue weighted by molar-refractivity contribution is 9.10. The highest BCUT2D eigenvalue weighted by Gasteiger charge is 2.18. The molecule has 0 aromatic heterocycles. The summed E-state index contributed by atoms with van der Waals surface area (Å²) in [5.41, 5.74) is 1.91. The average molecular weight is 361 g/mol. The zero-order valence-electron chi connectivity index (χ0n) is 12.5. The van der Waals surface area contributed by atoms with Gasteiger partial charge in [-0.05, 0) is 29.8 Å². The molecule has 2 aromatic rings. The van der Waals surface area contributed by atoms with E-state index in [0.717, 1.165) is 15.7 Å². The van der Waals surface area contributed by atoms with Gasteiger partial charge in [-0.25, -0.2) is 0 Å². The van der Waals surface area contributed by atoms with E-state index in [4.69, 9.17) is 14.7 Å². The molecule has 0 radical (unpaired) electrons. The first-order valence-corrected chi connectivity index (χ1v) is 7.58. The number of para-hydroxylation sites is 1. The van der Waals surface area contributed by atoms with Crippen LogP contribution in [0.5, 0.6) is 11.5 Å². The van der Waals surface area contributed by atoms with E-state index in [2.05, 4.69) is 27.3 Å². The molecule has 22 heavy (non-hydrogen) atoms. The Bertz CT molecular complexity index is 668. The molecule has 4 nitrogen and oxygen atoms in total. The van der Waals surface area contributed by atoms with E-state index in [1.165, 1.54) is 0 Å². The van der Waals surface area contributed by atoms with Gasteiger partial charge in [0.1, 0.15) is 0 Å². The fourth-order valence-corrected chi connectivity index (χ4v) is 2.80. The molecule has 0 saturated carbocycles. The van der Waals surface area contributed by atoms with Crippen molar-refractivity contribution in [3.05, 3.63) is 52.5 Å². The molecule has 5 heteroatoms. The van der Waals surface area contributed by atoms with Crippen molar-refractivity contribution in [1.29, 1.82) is 5.26 Å². The minimum Gasteiger partial charge on any atom is -0.493 e. The number of ether oxygens (including phenoxy) is 2. The SMILES string of the molecule is COc1cc(Br)c(C(CC#N)Nc2ccccc2)cc1OC. The van der Waals surface area contributed by atoms with E-state index in [-0.39, 0.29) is 6.04 Å². The molecule has 0 saturated heterocycles. The lowest BCUT2D eigenvalue weighted by molar-refractivity contribution is 0.354. The number of benzene rings is 2. The number of rotatable bonds is 6. The second-order valence-corrected chi connectivity index (χ2v) is 5.51. The van der Waals surface area contributed by atoms with Crippen LogP contribution in [0, 0.1) is 11.3 Å². The van der Waals surface area contributed by atoms with Crippen LogP contribution < -0.4 is 14.8 Å². The second kappa shape index (κ2) is 7.71. The maximum absolute atomic E-state index is 9.13. The van der Waals surface area contributed by atoms with Crippen LogP contribution in [0.15, 0.2) is 46.9 Å². The lowest BCUT2D eigenvalue weighted by Crippen LogP contribution is -2.11. The van der Waals surface area contributed by atoms with E-state index in [0.29, 0.717) is 17.9 Å². The highest BCUT2D eigenvalue weighted by atomic mass is 79.9. The van der Waals surface area contributed by atoms with E-state index in [1.807, 2.05) is 42.5 Å². The van der Waals surface area contributed by atoms with Crippen LogP contribution in [0.1, 0.15) is 18.0 Å². The Hall–Kier alpha value is -2.19. The summed E-state index contributed by atoms with van der Waals surface area (Å²) in [6.07, 6.45) is 0.336.